The number of nitrogens with one attached hydrogen (secondary N) is 1. The first-order chi connectivity index (χ1) is 7.06. The van der Waals surface area contributed by atoms with Crippen LogP contribution < -0.4 is 5.32 Å². The van der Waals surface area contributed by atoms with E-state index in [1.165, 1.54) is 0 Å². The zero-order valence-corrected chi connectivity index (χ0v) is 7.78. The maximum atomic E-state index is 10.1. The van der Waals surface area contributed by atoms with Crippen molar-refractivity contribution < 1.29 is 30.0 Å². The van der Waals surface area contributed by atoms with Crippen LogP contribution in [0.25, 0.3) is 0 Å². The van der Waals surface area contributed by atoms with Gasteiger partial charge in [-0.2, -0.15) is 0 Å². The summed E-state index contributed by atoms with van der Waals surface area (Å²) in [5, 5.41) is 38.2. The number of carboxylic acids is 1. The number of aliphatic carboxylic acids is 1. The number of ether oxygens (including phenoxy) is 1. The minimum atomic E-state index is -1.21. The summed E-state index contributed by atoms with van der Waals surface area (Å²) in [7, 11) is 0. The number of carboxylic acid groups (broad SMARTS) is 1. The van der Waals surface area contributed by atoms with Gasteiger partial charge in [0.05, 0.1) is 6.61 Å². The van der Waals surface area contributed by atoms with Gasteiger partial charge in [-0.3, -0.25) is 0 Å². The van der Waals surface area contributed by atoms with Crippen LogP contribution in [0.1, 0.15) is 0 Å². The fraction of sp³-hybridized carbons (Fsp3) is 0.625. The van der Waals surface area contributed by atoms with Gasteiger partial charge in [0.15, 0.2) is 6.23 Å². The van der Waals surface area contributed by atoms with Crippen LogP contribution in [0.15, 0.2) is 12.3 Å². The standard InChI is InChI=1S/C8H13NO6/c10-3-4-6(13)7(14)8(15-4)9-2-1-5(11)12/h1-2,4,6-10,13-14H,3H2,(H,11,12)/b2-1+/t4-,6-,7+,8-/m1/s1. The molecule has 0 aromatic heterocycles. The van der Waals surface area contributed by atoms with Gasteiger partial charge in [-0.25, -0.2) is 4.79 Å². The molecule has 1 aliphatic rings. The Hall–Kier alpha value is -1.15. The fourth-order valence-electron chi connectivity index (χ4n) is 1.25. The molecule has 4 atom stereocenters. The van der Waals surface area contributed by atoms with Crippen molar-refractivity contribution in [1.29, 1.82) is 0 Å². The topological polar surface area (TPSA) is 119 Å². The molecule has 1 rings (SSSR count). The van der Waals surface area contributed by atoms with E-state index in [0.717, 1.165) is 12.3 Å². The second-order valence-corrected chi connectivity index (χ2v) is 3.10. The number of aliphatic hydroxyl groups excluding tert-OH is 3. The fourth-order valence-corrected chi connectivity index (χ4v) is 1.25. The van der Waals surface area contributed by atoms with E-state index in [2.05, 4.69) is 5.32 Å². The number of hydrogen-bond acceptors (Lipinski definition) is 6. The molecule has 0 amide bonds. The summed E-state index contributed by atoms with van der Waals surface area (Å²) < 4.78 is 5.01. The second-order valence-electron chi connectivity index (χ2n) is 3.10. The van der Waals surface area contributed by atoms with Crippen molar-refractivity contribution in [3.05, 3.63) is 12.3 Å². The summed E-state index contributed by atoms with van der Waals surface area (Å²) >= 11 is 0. The summed E-state index contributed by atoms with van der Waals surface area (Å²) in [5.74, 6) is -1.14. The third-order valence-corrected chi connectivity index (χ3v) is 2.03. The van der Waals surface area contributed by atoms with Gasteiger partial charge < -0.3 is 30.5 Å². The third kappa shape index (κ3) is 2.90. The first-order valence-electron chi connectivity index (χ1n) is 4.34. The lowest BCUT2D eigenvalue weighted by molar-refractivity contribution is -0.131. The zero-order chi connectivity index (χ0) is 11.4. The highest BCUT2D eigenvalue weighted by Crippen LogP contribution is 2.18. The molecule has 0 aliphatic carbocycles. The smallest absolute Gasteiger partial charge is 0.329 e. The maximum absolute atomic E-state index is 10.1. The Bertz CT molecular complexity index is 256. The molecule has 0 bridgehead atoms. The molecule has 1 saturated heterocycles. The number of aliphatic hydroxyl groups is 3. The van der Waals surface area contributed by atoms with Crippen molar-refractivity contribution >= 4 is 5.97 Å². The zero-order valence-electron chi connectivity index (χ0n) is 7.78. The molecule has 5 N–H and O–H groups in total. The SMILES string of the molecule is O=C(O)/C=C/N[C@@H]1O[C@H](CO)[C@@H](O)[C@@H]1O. The monoisotopic (exact) mass is 219 g/mol. The van der Waals surface area contributed by atoms with Gasteiger partial charge in [-0.1, -0.05) is 0 Å². The minimum absolute atomic E-state index is 0.418. The lowest BCUT2D eigenvalue weighted by Gasteiger charge is -2.13. The second kappa shape index (κ2) is 5.08. The Kier molecular flexibility index (Phi) is 4.04. The maximum Gasteiger partial charge on any atom is 0.329 e. The highest BCUT2D eigenvalue weighted by molar-refractivity contribution is 5.79. The van der Waals surface area contributed by atoms with Crippen molar-refractivity contribution in [2.75, 3.05) is 6.61 Å². The molecule has 0 unspecified atom stereocenters. The lowest BCUT2D eigenvalue weighted by Crippen LogP contribution is -2.38. The van der Waals surface area contributed by atoms with E-state index in [1.54, 1.807) is 0 Å². The molecule has 86 valence electrons. The molecule has 7 nitrogen and oxygen atoms in total. The van der Waals surface area contributed by atoms with E-state index in [1.807, 2.05) is 0 Å². The number of carbonyl (C=O) groups is 1. The van der Waals surface area contributed by atoms with Crippen LogP contribution in [0.4, 0.5) is 0 Å². The molecular weight excluding hydrogens is 206 g/mol. The van der Waals surface area contributed by atoms with Gasteiger partial charge in [0.1, 0.15) is 18.3 Å². The number of rotatable bonds is 4. The molecule has 0 saturated carbocycles. The average molecular weight is 219 g/mol. The van der Waals surface area contributed by atoms with E-state index < -0.39 is 37.1 Å². The minimum Gasteiger partial charge on any atom is -0.478 e. The van der Waals surface area contributed by atoms with Gasteiger partial charge in [0.25, 0.3) is 0 Å². The molecule has 0 aromatic rings. The van der Waals surface area contributed by atoms with Crippen LogP contribution >= 0.6 is 0 Å². The average Bonchev–Trinajstić information content (AvgIpc) is 2.45. The van der Waals surface area contributed by atoms with Gasteiger partial charge in [-0.15, -0.1) is 0 Å². The first kappa shape index (κ1) is 11.9. The molecular formula is C8H13NO6. The number of hydrogen-bond donors (Lipinski definition) is 5. The van der Waals surface area contributed by atoms with Crippen molar-refractivity contribution in [2.24, 2.45) is 0 Å². The Balaban J connectivity index is 2.47. The van der Waals surface area contributed by atoms with Crippen LogP contribution in [0.3, 0.4) is 0 Å². The molecule has 1 fully saturated rings. The highest BCUT2D eigenvalue weighted by atomic mass is 16.6. The van der Waals surface area contributed by atoms with Crippen molar-refractivity contribution in [2.45, 2.75) is 24.5 Å². The molecule has 1 heterocycles. The molecule has 0 radical (unpaired) electrons. The first-order valence-corrected chi connectivity index (χ1v) is 4.34. The van der Waals surface area contributed by atoms with E-state index >= 15 is 0 Å². The van der Waals surface area contributed by atoms with Crippen molar-refractivity contribution in [3.63, 3.8) is 0 Å². The Morgan fingerprint density at radius 3 is 2.53 bits per heavy atom. The van der Waals surface area contributed by atoms with Gasteiger partial charge >= 0.3 is 5.97 Å². The molecule has 15 heavy (non-hydrogen) atoms. The molecule has 0 aromatic carbocycles. The van der Waals surface area contributed by atoms with E-state index in [-0.39, 0.29) is 0 Å². The van der Waals surface area contributed by atoms with Gasteiger partial charge in [-0.05, 0) is 0 Å². The summed E-state index contributed by atoms with van der Waals surface area (Å²) in [6.45, 7) is -0.418. The third-order valence-electron chi connectivity index (χ3n) is 2.03. The van der Waals surface area contributed by atoms with E-state index in [4.69, 9.17) is 14.9 Å². The van der Waals surface area contributed by atoms with Gasteiger partial charge in [0.2, 0.25) is 0 Å². The summed E-state index contributed by atoms with van der Waals surface area (Å²) in [4.78, 5) is 10.1. The van der Waals surface area contributed by atoms with E-state index in [0.29, 0.717) is 0 Å². The van der Waals surface area contributed by atoms with Crippen LogP contribution in [0.5, 0.6) is 0 Å². The normalized spacial score (nSPS) is 35.9. The molecule has 1 aliphatic heterocycles. The Morgan fingerprint density at radius 1 is 1.40 bits per heavy atom. The highest BCUT2D eigenvalue weighted by Gasteiger charge is 2.41. The molecule has 7 heteroatoms. The Labute approximate surface area is 85.6 Å². The quantitative estimate of drug-likeness (QED) is 0.335. The predicted molar refractivity (Wildman–Crippen MR) is 47.7 cm³/mol. The van der Waals surface area contributed by atoms with Gasteiger partial charge in [0, 0.05) is 12.3 Å². The predicted octanol–water partition coefficient (Wildman–Crippen LogP) is -2.39. The summed E-state index contributed by atoms with van der Waals surface area (Å²) in [6, 6.07) is 0. The Morgan fingerprint density at radius 2 is 2.07 bits per heavy atom. The van der Waals surface area contributed by atoms with Crippen molar-refractivity contribution in [1.82, 2.24) is 5.32 Å². The lowest BCUT2D eigenvalue weighted by atomic mass is 10.1. The summed E-state index contributed by atoms with van der Waals surface area (Å²) in [5.41, 5.74) is 0. The van der Waals surface area contributed by atoms with Crippen LogP contribution in [0.2, 0.25) is 0 Å². The molecule has 0 spiro atoms. The largest absolute Gasteiger partial charge is 0.478 e. The van der Waals surface area contributed by atoms with Crippen molar-refractivity contribution in [3.8, 4) is 0 Å². The van der Waals surface area contributed by atoms with Crippen LogP contribution in [-0.4, -0.2) is 57.5 Å². The van der Waals surface area contributed by atoms with E-state index in [9.17, 15) is 15.0 Å². The summed E-state index contributed by atoms with van der Waals surface area (Å²) in [6.07, 6.45) is -2.27. The van der Waals surface area contributed by atoms with Crippen LogP contribution in [-0.2, 0) is 9.53 Å². The van der Waals surface area contributed by atoms with Crippen LogP contribution in [0, 0.1) is 0 Å².